The van der Waals surface area contributed by atoms with E-state index in [1.165, 1.54) is 16.7 Å². The van der Waals surface area contributed by atoms with Crippen LogP contribution in [-0.2, 0) is 6.42 Å². The van der Waals surface area contributed by atoms with Crippen LogP contribution in [0, 0.1) is 5.41 Å². The van der Waals surface area contributed by atoms with Gasteiger partial charge in [0.15, 0.2) is 5.69 Å². The van der Waals surface area contributed by atoms with Crippen molar-refractivity contribution in [2.45, 2.75) is 40.2 Å². The van der Waals surface area contributed by atoms with Gasteiger partial charge in [0.2, 0.25) is 0 Å². The molecule has 0 aliphatic carbocycles. The lowest BCUT2D eigenvalue weighted by molar-refractivity contribution is 0.0691. The fourth-order valence-corrected chi connectivity index (χ4v) is 2.45. The Morgan fingerprint density at radius 3 is 2.57 bits per heavy atom. The highest BCUT2D eigenvalue weighted by Gasteiger charge is 2.26. The number of hydrogen-bond acceptors (Lipinski definition) is 4. The van der Waals surface area contributed by atoms with Gasteiger partial charge in [-0.3, -0.25) is 0 Å². The number of nitrogens with one attached hydrogen (secondary N) is 1. The number of carbonyl (C=O) groups excluding carboxylic acids is 1. The van der Waals surface area contributed by atoms with Crippen molar-refractivity contribution in [2.24, 2.45) is 5.41 Å². The Bertz CT molecular complexity index is 508. The van der Waals surface area contributed by atoms with Gasteiger partial charge in [0.1, 0.15) is 0 Å². The topological polar surface area (TPSA) is 82.5 Å². The molecule has 0 bridgehead atoms. The van der Waals surface area contributed by atoms with Crippen molar-refractivity contribution in [3.05, 3.63) is 16.1 Å². The number of amides is 2. The first-order valence-corrected chi connectivity index (χ1v) is 7.69. The lowest BCUT2D eigenvalue weighted by Gasteiger charge is -2.35. The summed E-state index contributed by atoms with van der Waals surface area (Å²) in [6.45, 7) is 8.71. The van der Waals surface area contributed by atoms with Gasteiger partial charge in [-0.15, -0.1) is 11.3 Å². The number of rotatable bonds is 5. The van der Waals surface area contributed by atoms with Crippen molar-refractivity contribution in [2.75, 3.05) is 13.6 Å². The van der Waals surface area contributed by atoms with E-state index in [1.807, 2.05) is 6.92 Å². The predicted molar refractivity (Wildman–Crippen MR) is 82.9 cm³/mol. The number of aromatic carboxylic acids is 1. The standard InChI is InChI=1S/C14H23N3O3S/c1-9(14(2,3)4)17(5)13(20)15-7-6-11-16-10(8-21-11)12(18)19/h8-9H,6-7H2,1-5H3,(H,15,20)(H,18,19). The highest BCUT2D eigenvalue weighted by molar-refractivity contribution is 7.09. The van der Waals surface area contributed by atoms with Crippen molar-refractivity contribution >= 4 is 23.3 Å². The molecule has 118 valence electrons. The minimum atomic E-state index is -1.03. The number of aromatic nitrogens is 1. The number of hydrogen-bond donors (Lipinski definition) is 2. The molecule has 1 aromatic heterocycles. The molecule has 0 saturated heterocycles. The molecule has 0 spiro atoms. The molecule has 1 atom stereocenters. The first kappa shape index (κ1) is 17.4. The smallest absolute Gasteiger partial charge is 0.355 e. The van der Waals surface area contributed by atoms with Crippen LogP contribution in [0.25, 0.3) is 0 Å². The van der Waals surface area contributed by atoms with Gasteiger partial charge in [-0.25, -0.2) is 14.6 Å². The summed E-state index contributed by atoms with van der Waals surface area (Å²) in [5.74, 6) is -1.03. The second-order valence-corrected chi connectivity index (χ2v) is 7.01. The molecule has 7 heteroatoms. The Morgan fingerprint density at radius 2 is 2.10 bits per heavy atom. The summed E-state index contributed by atoms with van der Waals surface area (Å²) in [6.07, 6.45) is 0.529. The van der Waals surface area contributed by atoms with Gasteiger partial charge < -0.3 is 15.3 Å². The predicted octanol–water partition coefficient (Wildman–Crippen LogP) is 2.46. The van der Waals surface area contributed by atoms with Crippen molar-refractivity contribution in [3.63, 3.8) is 0 Å². The molecular weight excluding hydrogens is 290 g/mol. The summed E-state index contributed by atoms with van der Waals surface area (Å²) in [4.78, 5) is 28.4. The average molecular weight is 313 g/mol. The van der Waals surface area contributed by atoms with Crippen LogP contribution in [0.1, 0.15) is 43.2 Å². The third-order valence-corrected chi connectivity index (χ3v) is 4.45. The Morgan fingerprint density at radius 1 is 1.48 bits per heavy atom. The lowest BCUT2D eigenvalue weighted by atomic mass is 9.87. The SMILES string of the molecule is CC(N(C)C(=O)NCCc1nc(C(=O)O)cs1)C(C)(C)C. The summed E-state index contributed by atoms with van der Waals surface area (Å²) in [5, 5.41) is 13.8. The van der Waals surface area contributed by atoms with Crippen molar-refractivity contribution < 1.29 is 14.7 Å². The van der Waals surface area contributed by atoms with E-state index < -0.39 is 5.97 Å². The van der Waals surface area contributed by atoms with Gasteiger partial charge >= 0.3 is 12.0 Å². The van der Waals surface area contributed by atoms with Gasteiger partial charge in [0.25, 0.3) is 0 Å². The summed E-state index contributed by atoms with van der Waals surface area (Å²) in [5.41, 5.74) is 0.0671. The van der Waals surface area contributed by atoms with Crippen LogP contribution in [0.4, 0.5) is 4.79 Å². The molecule has 6 nitrogen and oxygen atoms in total. The quantitative estimate of drug-likeness (QED) is 0.875. The summed E-state index contributed by atoms with van der Waals surface area (Å²) in [6, 6.07) is -0.0246. The Labute approximate surface area is 129 Å². The van der Waals surface area contributed by atoms with E-state index in [9.17, 15) is 9.59 Å². The number of nitrogens with zero attached hydrogens (tertiary/aromatic N) is 2. The molecule has 21 heavy (non-hydrogen) atoms. The zero-order valence-electron chi connectivity index (χ0n) is 13.1. The number of thiazole rings is 1. The molecule has 2 amide bonds. The Kier molecular flexibility index (Phi) is 5.71. The molecule has 2 N–H and O–H groups in total. The van der Waals surface area contributed by atoms with E-state index in [-0.39, 0.29) is 23.2 Å². The van der Waals surface area contributed by atoms with Crippen molar-refractivity contribution in [1.82, 2.24) is 15.2 Å². The third-order valence-electron chi connectivity index (χ3n) is 3.54. The monoisotopic (exact) mass is 313 g/mol. The van der Waals surface area contributed by atoms with E-state index in [1.54, 1.807) is 11.9 Å². The van der Waals surface area contributed by atoms with Crippen LogP contribution in [0.15, 0.2) is 5.38 Å². The largest absolute Gasteiger partial charge is 0.476 e. The van der Waals surface area contributed by atoms with Crippen LogP contribution in [-0.4, -0.2) is 46.6 Å². The maximum atomic E-state index is 12.0. The zero-order chi connectivity index (χ0) is 16.2. The fourth-order valence-electron chi connectivity index (χ4n) is 1.68. The summed E-state index contributed by atoms with van der Waals surface area (Å²) >= 11 is 1.29. The van der Waals surface area contributed by atoms with Crippen molar-refractivity contribution in [1.29, 1.82) is 0 Å². The van der Waals surface area contributed by atoms with Crippen LogP contribution in [0.3, 0.4) is 0 Å². The van der Waals surface area contributed by atoms with E-state index in [2.05, 4.69) is 31.1 Å². The molecule has 1 unspecified atom stereocenters. The molecule has 0 saturated carbocycles. The van der Waals surface area contributed by atoms with Gasteiger partial charge in [-0.1, -0.05) is 20.8 Å². The Balaban J connectivity index is 2.44. The number of carboxylic acid groups (broad SMARTS) is 1. The first-order chi connectivity index (χ1) is 9.62. The fraction of sp³-hybridized carbons (Fsp3) is 0.643. The van der Waals surface area contributed by atoms with Crippen molar-refractivity contribution in [3.8, 4) is 0 Å². The van der Waals surface area contributed by atoms with Gasteiger partial charge in [-0.2, -0.15) is 0 Å². The molecule has 0 fully saturated rings. The average Bonchev–Trinajstić information content (AvgIpc) is 2.84. The van der Waals surface area contributed by atoms with E-state index in [0.717, 1.165) is 0 Å². The van der Waals surface area contributed by atoms with E-state index >= 15 is 0 Å². The minimum absolute atomic E-state index is 0.0117. The third kappa shape index (κ3) is 5.00. The second-order valence-electron chi connectivity index (χ2n) is 6.07. The van der Waals surface area contributed by atoms with E-state index in [0.29, 0.717) is 18.0 Å². The molecule has 0 radical (unpaired) electrons. The molecule has 1 aromatic rings. The van der Waals surface area contributed by atoms with Crippen LogP contribution in [0.5, 0.6) is 0 Å². The highest BCUT2D eigenvalue weighted by Crippen LogP contribution is 2.22. The molecule has 0 aliphatic rings. The van der Waals surface area contributed by atoms with Crippen LogP contribution >= 0.6 is 11.3 Å². The van der Waals surface area contributed by atoms with Gasteiger partial charge in [-0.05, 0) is 12.3 Å². The zero-order valence-corrected chi connectivity index (χ0v) is 14.0. The lowest BCUT2D eigenvalue weighted by Crippen LogP contribution is -2.47. The normalized spacial score (nSPS) is 12.8. The second kappa shape index (κ2) is 6.89. The number of carboxylic acids is 1. The maximum Gasteiger partial charge on any atom is 0.355 e. The van der Waals surface area contributed by atoms with Gasteiger partial charge in [0.05, 0.1) is 5.01 Å². The Hall–Kier alpha value is -1.63. The molecule has 0 aliphatic heterocycles. The first-order valence-electron chi connectivity index (χ1n) is 6.81. The summed E-state index contributed by atoms with van der Waals surface area (Å²) < 4.78 is 0. The highest BCUT2D eigenvalue weighted by atomic mass is 32.1. The molecule has 1 rings (SSSR count). The number of urea groups is 1. The van der Waals surface area contributed by atoms with Crippen LogP contribution in [0.2, 0.25) is 0 Å². The summed E-state index contributed by atoms with van der Waals surface area (Å²) in [7, 11) is 1.77. The van der Waals surface area contributed by atoms with E-state index in [4.69, 9.17) is 5.11 Å². The number of carbonyl (C=O) groups is 2. The molecular formula is C14H23N3O3S. The van der Waals surface area contributed by atoms with Crippen LogP contribution < -0.4 is 5.32 Å². The molecule has 0 aromatic carbocycles. The minimum Gasteiger partial charge on any atom is -0.476 e. The maximum absolute atomic E-state index is 12.0. The molecule has 1 heterocycles. The van der Waals surface area contributed by atoms with Gasteiger partial charge in [0, 0.05) is 31.4 Å².